The molecule has 0 heterocycles. The highest BCUT2D eigenvalue weighted by molar-refractivity contribution is 14.1. The molecule has 0 saturated heterocycles. The number of halogens is 1. The highest BCUT2D eigenvalue weighted by Crippen LogP contribution is 2.13. The van der Waals surface area contributed by atoms with Crippen LogP contribution >= 0.6 is 22.6 Å². The average Bonchev–Trinajstić information content (AvgIpc) is 2.48. The summed E-state index contributed by atoms with van der Waals surface area (Å²) in [6.07, 6.45) is 1.47. The Labute approximate surface area is 142 Å². The van der Waals surface area contributed by atoms with Gasteiger partial charge in [0.2, 0.25) is 0 Å². The van der Waals surface area contributed by atoms with Crippen LogP contribution in [0.1, 0.15) is 21.5 Å². The van der Waals surface area contributed by atoms with Gasteiger partial charge in [0.25, 0.3) is 0 Å². The third-order valence-electron chi connectivity index (χ3n) is 2.91. The van der Waals surface area contributed by atoms with Crippen molar-refractivity contribution in [3.8, 4) is 0 Å². The highest BCUT2D eigenvalue weighted by atomic mass is 127. The van der Waals surface area contributed by atoms with Crippen molar-refractivity contribution in [1.29, 1.82) is 0 Å². The summed E-state index contributed by atoms with van der Waals surface area (Å²) in [5.41, 5.74) is 1.53. The molecule has 0 saturated carbocycles. The number of rotatable bonds is 5. The van der Waals surface area contributed by atoms with Gasteiger partial charge in [-0.3, -0.25) is 0 Å². The molecule has 0 atom stereocenters. The van der Waals surface area contributed by atoms with Gasteiger partial charge in [-0.2, -0.15) is 0 Å². The zero-order valence-corrected chi connectivity index (χ0v) is 14.4. The zero-order chi connectivity index (χ0) is 16.2. The maximum absolute atomic E-state index is 12.1. The molecule has 2 aromatic rings. The highest BCUT2D eigenvalue weighted by Gasteiger charge is 2.08. The summed E-state index contributed by atoms with van der Waals surface area (Å²) in [5.74, 6) is -1.07. The van der Waals surface area contributed by atoms with Gasteiger partial charge in [-0.05, 0) is 64.1 Å². The van der Waals surface area contributed by atoms with Crippen LogP contribution in [0.3, 0.4) is 0 Å². The summed E-state index contributed by atoms with van der Waals surface area (Å²) in [4.78, 5) is 10.7. The summed E-state index contributed by atoms with van der Waals surface area (Å²) >= 11 is 2.16. The number of carbonyl (C=O) groups is 1. The molecular weight excluding hydrogens is 415 g/mol. The first kappa shape index (κ1) is 16.7. The topological polar surface area (TPSA) is 71.4 Å². The van der Waals surface area contributed by atoms with Crippen molar-refractivity contribution in [1.82, 2.24) is 0 Å². The van der Waals surface area contributed by atoms with Crippen LogP contribution < -0.4 is 0 Å². The van der Waals surface area contributed by atoms with Gasteiger partial charge >= 0.3 is 5.97 Å². The third-order valence-corrected chi connectivity index (χ3v) is 4.91. The Hall–Kier alpha value is -1.67. The van der Waals surface area contributed by atoms with Crippen molar-refractivity contribution in [2.24, 2.45) is 0 Å². The Morgan fingerprint density at radius 3 is 2.18 bits per heavy atom. The molecule has 0 aliphatic rings. The second-order valence-corrected chi connectivity index (χ2v) is 7.80. The van der Waals surface area contributed by atoms with Crippen LogP contribution in [0, 0.1) is 3.57 Å². The Balaban J connectivity index is 2.10. The van der Waals surface area contributed by atoms with Gasteiger partial charge in [-0.15, -0.1) is 0 Å². The average molecular weight is 428 g/mol. The maximum atomic E-state index is 12.1. The van der Waals surface area contributed by atoms with Crippen molar-refractivity contribution in [2.75, 3.05) is 0 Å². The Morgan fingerprint density at radius 2 is 1.64 bits per heavy atom. The molecule has 4 nitrogen and oxygen atoms in total. The molecule has 0 spiro atoms. The van der Waals surface area contributed by atoms with E-state index in [0.29, 0.717) is 5.56 Å². The SMILES string of the molecule is O=C(O)c1ccc(C=CS(=O)(=O)Cc2ccc(I)cc2)cc1. The van der Waals surface area contributed by atoms with Crippen molar-refractivity contribution in [3.63, 3.8) is 0 Å². The number of sulfone groups is 1. The lowest BCUT2D eigenvalue weighted by Crippen LogP contribution is -2.00. The lowest BCUT2D eigenvalue weighted by Gasteiger charge is -2.01. The van der Waals surface area contributed by atoms with E-state index in [2.05, 4.69) is 22.6 Å². The molecule has 22 heavy (non-hydrogen) atoms. The fraction of sp³-hybridized carbons (Fsp3) is 0.0625. The Morgan fingerprint density at radius 1 is 1.05 bits per heavy atom. The molecule has 0 aromatic heterocycles. The molecule has 114 valence electrons. The molecule has 2 aromatic carbocycles. The number of aromatic carboxylic acids is 1. The summed E-state index contributed by atoms with van der Waals surface area (Å²) in [7, 11) is -3.37. The number of hydrogen-bond donors (Lipinski definition) is 1. The quantitative estimate of drug-likeness (QED) is 0.740. The molecule has 1 N–H and O–H groups in total. The Bertz CT molecular complexity index is 791. The number of hydrogen-bond acceptors (Lipinski definition) is 3. The molecule has 0 unspecified atom stereocenters. The summed E-state index contributed by atoms with van der Waals surface area (Å²) in [6.45, 7) is 0. The van der Waals surface area contributed by atoms with E-state index in [9.17, 15) is 13.2 Å². The predicted octanol–water partition coefficient (Wildman–Crippen LogP) is 3.58. The van der Waals surface area contributed by atoms with Gasteiger partial charge in [0.05, 0.1) is 11.3 Å². The van der Waals surface area contributed by atoms with E-state index in [0.717, 1.165) is 14.5 Å². The van der Waals surface area contributed by atoms with Crippen molar-refractivity contribution in [3.05, 3.63) is 74.2 Å². The first-order valence-electron chi connectivity index (χ1n) is 6.34. The molecule has 0 aliphatic heterocycles. The summed E-state index contributed by atoms with van der Waals surface area (Å²) in [6, 6.07) is 13.3. The second-order valence-electron chi connectivity index (χ2n) is 4.66. The first-order valence-corrected chi connectivity index (χ1v) is 9.14. The molecule has 0 fully saturated rings. The maximum Gasteiger partial charge on any atom is 0.335 e. The van der Waals surface area contributed by atoms with E-state index in [1.165, 1.54) is 18.2 Å². The fourth-order valence-corrected chi connectivity index (χ4v) is 3.26. The van der Waals surface area contributed by atoms with E-state index in [1.807, 2.05) is 12.1 Å². The Kier molecular flexibility index (Phi) is 5.36. The molecule has 6 heteroatoms. The van der Waals surface area contributed by atoms with E-state index in [1.54, 1.807) is 24.3 Å². The normalized spacial score (nSPS) is 11.7. The largest absolute Gasteiger partial charge is 0.478 e. The lowest BCUT2D eigenvalue weighted by atomic mass is 10.1. The van der Waals surface area contributed by atoms with Crippen LogP contribution in [0.5, 0.6) is 0 Å². The molecule has 0 aliphatic carbocycles. The van der Waals surface area contributed by atoms with Crippen LogP contribution in [0.25, 0.3) is 6.08 Å². The number of carboxylic acids is 1. The second kappa shape index (κ2) is 7.06. The van der Waals surface area contributed by atoms with Gasteiger partial charge in [0.15, 0.2) is 9.84 Å². The third kappa shape index (κ3) is 4.96. The van der Waals surface area contributed by atoms with Crippen molar-refractivity contribution >= 4 is 44.5 Å². The van der Waals surface area contributed by atoms with E-state index in [-0.39, 0.29) is 11.3 Å². The monoisotopic (exact) mass is 428 g/mol. The van der Waals surface area contributed by atoms with Crippen LogP contribution in [0.4, 0.5) is 0 Å². The smallest absolute Gasteiger partial charge is 0.335 e. The fourth-order valence-electron chi connectivity index (χ4n) is 1.78. The van der Waals surface area contributed by atoms with E-state index in [4.69, 9.17) is 5.11 Å². The molecular formula is C16H13IO4S. The molecule has 0 amide bonds. The molecule has 2 rings (SSSR count). The standard InChI is InChI=1S/C16H13IO4S/c17-15-7-3-13(4-8-15)11-22(20,21)10-9-12-1-5-14(6-2-12)16(18)19/h1-10H,11H2,(H,18,19). The number of benzene rings is 2. The zero-order valence-electron chi connectivity index (χ0n) is 11.4. The van der Waals surface area contributed by atoms with Crippen molar-refractivity contribution < 1.29 is 18.3 Å². The number of carboxylic acid groups (broad SMARTS) is 1. The minimum atomic E-state index is -3.37. The van der Waals surface area contributed by atoms with Crippen molar-refractivity contribution in [2.45, 2.75) is 5.75 Å². The lowest BCUT2D eigenvalue weighted by molar-refractivity contribution is 0.0697. The van der Waals surface area contributed by atoms with E-state index < -0.39 is 15.8 Å². The van der Waals surface area contributed by atoms with E-state index >= 15 is 0 Å². The van der Waals surface area contributed by atoms with Gasteiger partial charge < -0.3 is 5.11 Å². The van der Waals surface area contributed by atoms with Crippen LogP contribution in [-0.2, 0) is 15.6 Å². The minimum absolute atomic E-state index is 0.0619. The van der Waals surface area contributed by atoms with Crippen LogP contribution in [-0.4, -0.2) is 19.5 Å². The molecule has 0 radical (unpaired) electrons. The van der Waals surface area contributed by atoms with Gasteiger partial charge in [0.1, 0.15) is 0 Å². The first-order chi connectivity index (χ1) is 10.4. The summed E-state index contributed by atoms with van der Waals surface area (Å²) in [5, 5.41) is 9.96. The van der Waals surface area contributed by atoms with Gasteiger partial charge in [0, 0.05) is 8.98 Å². The van der Waals surface area contributed by atoms with Crippen LogP contribution in [0.15, 0.2) is 53.9 Å². The van der Waals surface area contributed by atoms with Gasteiger partial charge in [-0.25, -0.2) is 13.2 Å². The van der Waals surface area contributed by atoms with Crippen LogP contribution in [0.2, 0.25) is 0 Å². The predicted molar refractivity (Wildman–Crippen MR) is 94.2 cm³/mol. The minimum Gasteiger partial charge on any atom is -0.478 e. The summed E-state index contributed by atoms with van der Waals surface area (Å²) < 4.78 is 25.2. The molecule has 0 bridgehead atoms. The van der Waals surface area contributed by atoms with Gasteiger partial charge in [-0.1, -0.05) is 24.3 Å².